The number of rotatable bonds is 9. The molecule has 0 bridgehead atoms. The van der Waals surface area contributed by atoms with Crippen molar-refractivity contribution in [3.8, 4) is 0 Å². The van der Waals surface area contributed by atoms with Crippen molar-refractivity contribution in [3.63, 3.8) is 0 Å². The van der Waals surface area contributed by atoms with Gasteiger partial charge in [-0.3, -0.25) is 9.59 Å². The van der Waals surface area contributed by atoms with Gasteiger partial charge in [-0.1, -0.05) is 0 Å². The Morgan fingerprint density at radius 1 is 1.50 bits per heavy atom. The van der Waals surface area contributed by atoms with Crippen LogP contribution < -0.4 is 5.32 Å². The van der Waals surface area contributed by atoms with Gasteiger partial charge < -0.3 is 24.0 Å². The molecule has 1 aliphatic rings. The van der Waals surface area contributed by atoms with Gasteiger partial charge in [0.15, 0.2) is 0 Å². The van der Waals surface area contributed by atoms with Gasteiger partial charge in [-0.15, -0.1) is 0 Å². The van der Waals surface area contributed by atoms with E-state index in [9.17, 15) is 9.59 Å². The Bertz CT molecular complexity index is 327. The third kappa shape index (κ3) is 6.46. The van der Waals surface area contributed by atoms with Crippen LogP contribution in [0, 0.1) is 0 Å². The summed E-state index contributed by atoms with van der Waals surface area (Å²) in [5.74, 6) is -1.19. The summed E-state index contributed by atoms with van der Waals surface area (Å²) in [4.78, 5) is 21.6. The van der Waals surface area contributed by atoms with Crippen LogP contribution in [0.1, 0.15) is 26.2 Å². The van der Waals surface area contributed by atoms with Gasteiger partial charge in [-0.2, -0.15) is 0 Å². The Kier molecular flexibility index (Phi) is 7.74. The maximum Gasteiger partial charge on any atom is 0.321 e. The third-order valence-corrected chi connectivity index (χ3v) is 5.27. The van der Waals surface area contributed by atoms with E-state index in [0.29, 0.717) is 13.2 Å². The minimum absolute atomic E-state index is 0.0156. The van der Waals surface area contributed by atoms with Crippen LogP contribution in [0.15, 0.2) is 0 Å². The number of aliphatic carboxylic acids is 1. The van der Waals surface area contributed by atoms with E-state index < -0.39 is 15.3 Å². The Morgan fingerprint density at radius 2 is 2.25 bits per heavy atom. The monoisotopic (exact) mass is 305 g/mol. The van der Waals surface area contributed by atoms with Gasteiger partial charge in [0, 0.05) is 20.1 Å². The number of carboxylic acid groups (broad SMARTS) is 1. The van der Waals surface area contributed by atoms with Crippen LogP contribution in [0.2, 0.25) is 6.04 Å². The second kappa shape index (κ2) is 9.06. The highest BCUT2D eigenvalue weighted by Gasteiger charge is 2.31. The molecule has 1 aliphatic heterocycles. The quantitative estimate of drug-likeness (QED) is 0.461. The molecule has 0 aromatic carbocycles. The van der Waals surface area contributed by atoms with Crippen molar-refractivity contribution in [3.05, 3.63) is 0 Å². The second-order valence-corrected chi connectivity index (χ2v) is 6.81. The van der Waals surface area contributed by atoms with Crippen LogP contribution in [0.25, 0.3) is 0 Å². The average Bonchev–Trinajstić information content (AvgIpc) is 2.89. The largest absolute Gasteiger partial charge is 0.481 e. The highest BCUT2D eigenvalue weighted by Crippen LogP contribution is 2.17. The number of nitrogens with one attached hydrogen (secondary N) is 1. The normalized spacial score (nSPS) is 23.5. The van der Waals surface area contributed by atoms with E-state index in [-0.39, 0.29) is 31.0 Å². The van der Waals surface area contributed by atoms with Crippen LogP contribution in [0.3, 0.4) is 0 Å². The van der Waals surface area contributed by atoms with E-state index in [0.717, 1.165) is 12.5 Å². The average molecular weight is 305 g/mol. The molecular weight excluding hydrogens is 282 g/mol. The Morgan fingerprint density at radius 3 is 2.90 bits per heavy atom. The fraction of sp³-hybridized carbons (Fsp3) is 0.833. The van der Waals surface area contributed by atoms with Crippen molar-refractivity contribution in [1.29, 1.82) is 0 Å². The molecule has 8 heteroatoms. The molecule has 0 aromatic rings. The number of hydrogen-bond acceptors (Lipinski definition) is 5. The Labute approximate surface area is 120 Å². The van der Waals surface area contributed by atoms with E-state index >= 15 is 0 Å². The zero-order valence-electron chi connectivity index (χ0n) is 12.0. The molecule has 1 amide bonds. The summed E-state index contributed by atoms with van der Waals surface area (Å²) in [7, 11) is 0.0187. The molecule has 7 nitrogen and oxygen atoms in total. The van der Waals surface area contributed by atoms with E-state index in [1.807, 2.05) is 6.92 Å². The molecule has 1 saturated heterocycles. The lowest BCUT2D eigenvalue weighted by atomic mass is 10.2. The van der Waals surface area contributed by atoms with Gasteiger partial charge in [-0.25, -0.2) is 0 Å². The Balaban J connectivity index is 2.05. The van der Waals surface area contributed by atoms with Gasteiger partial charge in [0.05, 0.1) is 25.2 Å². The van der Waals surface area contributed by atoms with E-state index in [1.54, 1.807) is 7.11 Å². The van der Waals surface area contributed by atoms with Crippen molar-refractivity contribution in [1.82, 2.24) is 5.32 Å². The van der Waals surface area contributed by atoms with Crippen molar-refractivity contribution >= 4 is 21.2 Å². The maximum absolute atomic E-state index is 11.3. The lowest BCUT2D eigenvalue weighted by Gasteiger charge is -2.16. The summed E-state index contributed by atoms with van der Waals surface area (Å²) < 4.78 is 16.6. The molecule has 1 unspecified atom stereocenters. The van der Waals surface area contributed by atoms with Gasteiger partial charge in [0.1, 0.15) is 0 Å². The molecule has 0 aliphatic carbocycles. The molecule has 116 valence electrons. The molecule has 20 heavy (non-hydrogen) atoms. The van der Waals surface area contributed by atoms with Crippen LogP contribution in [0.4, 0.5) is 0 Å². The third-order valence-electron chi connectivity index (χ3n) is 3.17. The van der Waals surface area contributed by atoms with Gasteiger partial charge in [0.25, 0.3) is 0 Å². The van der Waals surface area contributed by atoms with Gasteiger partial charge in [-0.05, 0) is 19.4 Å². The number of carboxylic acids is 1. The van der Waals surface area contributed by atoms with Crippen molar-refractivity contribution in [2.75, 3.05) is 20.3 Å². The molecule has 3 atom stereocenters. The molecule has 0 spiro atoms. The van der Waals surface area contributed by atoms with Crippen LogP contribution in [-0.2, 0) is 23.2 Å². The van der Waals surface area contributed by atoms with E-state index in [4.69, 9.17) is 18.7 Å². The fourth-order valence-electron chi connectivity index (χ4n) is 1.83. The van der Waals surface area contributed by atoms with Gasteiger partial charge in [0.2, 0.25) is 5.91 Å². The number of hydrogen-bond donors (Lipinski definition) is 2. The minimum atomic E-state index is -1.63. The zero-order valence-corrected chi connectivity index (χ0v) is 13.1. The summed E-state index contributed by atoms with van der Waals surface area (Å²) in [5, 5.41) is 11.1. The summed E-state index contributed by atoms with van der Waals surface area (Å²) in [6.45, 7) is 3.06. The summed E-state index contributed by atoms with van der Waals surface area (Å²) >= 11 is 0. The zero-order chi connectivity index (χ0) is 15.0. The smallest absolute Gasteiger partial charge is 0.321 e. The van der Waals surface area contributed by atoms with Crippen LogP contribution >= 0.6 is 0 Å². The topological polar surface area (TPSA) is 94.1 Å². The van der Waals surface area contributed by atoms with Crippen LogP contribution in [-0.4, -0.2) is 58.7 Å². The predicted molar refractivity (Wildman–Crippen MR) is 73.7 cm³/mol. The standard InChI is InChI=1S/C12H23NO6Si/c1-9(17-2)10-8-18-20(19-10)7-3-6-13-11(14)4-5-12(15)16/h9-10,20H,3-8H2,1-2H3,(H,13,14)(H,15,16)/t9-,10+,20?/m1/s1. The first kappa shape index (κ1) is 17.1. The number of amides is 1. The molecule has 2 N–H and O–H groups in total. The second-order valence-electron chi connectivity index (χ2n) is 4.76. The first-order chi connectivity index (χ1) is 9.52. The van der Waals surface area contributed by atoms with E-state index in [2.05, 4.69) is 5.32 Å². The van der Waals surface area contributed by atoms with Crippen molar-refractivity contribution < 1.29 is 28.3 Å². The highest BCUT2D eigenvalue weighted by atomic mass is 28.3. The van der Waals surface area contributed by atoms with Crippen LogP contribution in [0.5, 0.6) is 0 Å². The number of carbonyl (C=O) groups excluding carboxylic acids is 1. The molecule has 0 aromatic heterocycles. The molecule has 1 heterocycles. The lowest BCUT2D eigenvalue weighted by Crippen LogP contribution is -2.29. The first-order valence-corrected chi connectivity index (χ1v) is 8.57. The van der Waals surface area contributed by atoms with Crippen molar-refractivity contribution in [2.24, 2.45) is 0 Å². The van der Waals surface area contributed by atoms with E-state index in [1.165, 1.54) is 0 Å². The number of methoxy groups -OCH3 is 1. The molecular formula is C12H23NO6Si. The summed E-state index contributed by atoms with van der Waals surface area (Å²) in [5.41, 5.74) is 0. The Hall–Kier alpha value is -0.963. The highest BCUT2D eigenvalue weighted by molar-refractivity contribution is 6.45. The fourth-order valence-corrected chi connectivity index (χ4v) is 3.84. The molecule has 1 fully saturated rings. The summed E-state index contributed by atoms with van der Waals surface area (Å²) in [6, 6.07) is 0.826. The molecule has 1 rings (SSSR count). The number of ether oxygens (including phenoxy) is 1. The molecule has 0 saturated carbocycles. The predicted octanol–water partition coefficient (Wildman–Crippen LogP) is 0.0283. The van der Waals surface area contributed by atoms with Crippen molar-refractivity contribution in [2.45, 2.75) is 44.4 Å². The molecule has 0 radical (unpaired) electrons. The SMILES string of the molecule is CO[C@H](C)[C@@H]1CO[SiH](CCCNC(=O)CCC(=O)O)O1. The summed E-state index contributed by atoms with van der Waals surface area (Å²) in [6.07, 6.45) is 0.719. The minimum Gasteiger partial charge on any atom is -0.481 e. The first-order valence-electron chi connectivity index (χ1n) is 6.81. The lowest BCUT2D eigenvalue weighted by molar-refractivity contribution is -0.138. The number of carbonyl (C=O) groups is 2. The maximum atomic E-state index is 11.3. The van der Waals surface area contributed by atoms with Gasteiger partial charge >= 0.3 is 15.3 Å².